The molecule has 2 aromatic rings. The van der Waals surface area contributed by atoms with Crippen molar-refractivity contribution in [1.29, 1.82) is 0 Å². The molecule has 6 nitrogen and oxygen atoms in total. The SMILES string of the molecule is Cc1nnc2n1N=C(c1ccc(Cl)cc1)[C@@H](CC(=O)[O-])S2. The Morgan fingerprint density at radius 3 is 2.76 bits per heavy atom. The van der Waals surface area contributed by atoms with E-state index in [0.29, 0.717) is 21.7 Å². The zero-order chi connectivity index (χ0) is 15.0. The highest BCUT2D eigenvalue weighted by atomic mass is 35.5. The Morgan fingerprint density at radius 2 is 2.10 bits per heavy atom. The Morgan fingerprint density at radius 1 is 1.38 bits per heavy atom. The van der Waals surface area contributed by atoms with Gasteiger partial charge in [-0.3, -0.25) is 0 Å². The number of aliphatic carboxylic acids is 1. The first-order chi connectivity index (χ1) is 10.0. The Kier molecular flexibility index (Phi) is 3.69. The molecular weight excluding hydrogens is 312 g/mol. The van der Waals surface area contributed by atoms with Gasteiger partial charge in [-0.1, -0.05) is 35.5 Å². The van der Waals surface area contributed by atoms with Gasteiger partial charge in [-0.2, -0.15) is 9.78 Å². The van der Waals surface area contributed by atoms with E-state index in [1.165, 1.54) is 11.8 Å². The van der Waals surface area contributed by atoms with Crippen molar-refractivity contribution in [2.75, 3.05) is 0 Å². The molecule has 3 rings (SSSR count). The number of carboxylic acid groups (broad SMARTS) is 1. The number of carbonyl (C=O) groups excluding carboxylic acids is 1. The number of hydrogen-bond acceptors (Lipinski definition) is 6. The lowest BCUT2D eigenvalue weighted by atomic mass is 10.1. The summed E-state index contributed by atoms with van der Waals surface area (Å²) in [6.45, 7) is 1.79. The molecule has 8 heteroatoms. The number of nitrogens with zero attached hydrogens (tertiary/aromatic N) is 4. The summed E-state index contributed by atoms with van der Waals surface area (Å²) in [6, 6.07) is 7.12. The molecule has 0 radical (unpaired) electrons. The number of hydrogen-bond donors (Lipinski definition) is 0. The molecule has 0 saturated heterocycles. The van der Waals surface area contributed by atoms with Crippen LogP contribution < -0.4 is 5.11 Å². The van der Waals surface area contributed by atoms with Crippen molar-refractivity contribution in [2.24, 2.45) is 5.10 Å². The zero-order valence-electron chi connectivity index (χ0n) is 11.0. The summed E-state index contributed by atoms with van der Waals surface area (Å²) < 4.78 is 1.61. The normalized spacial score (nSPS) is 17.2. The van der Waals surface area contributed by atoms with Crippen LogP contribution in [0.5, 0.6) is 0 Å². The third-order valence-electron chi connectivity index (χ3n) is 3.02. The zero-order valence-corrected chi connectivity index (χ0v) is 12.6. The average molecular weight is 322 g/mol. The molecule has 108 valence electrons. The van der Waals surface area contributed by atoms with Crippen LogP contribution >= 0.6 is 23.4 Å². The van der Waals surface area contributed by atoms with E-state index in [9.17, 15) is 9.90 Å². The minimum Gasteiger partial charge on any atom is -0.550 e. The van der Waals surface area contributed by atoms with Crippen LogP contribution in [0.1, 0.15) is 17.8 Å². The van der Waals surface area contributed by atoms with E-state index < -0.39 is 5.97 Å². The maximum atomic E-state index is 11.0. The second-order valence-electron chi connectivity index (χ2n) is 4.52. The van der Waals surface area contributed by atoms with Crippen molar-refractivity contribution in [3.63, 3.8) is 0 Å². The Bertz CT molecular complexity index is 726. The van der Waals surface area contributed by atoms with Crippen LogP contribution in [0, 0.1) is 6.92 Å². The van der Waals surface area contributed by atoms with Gasteiger partial charge in [0.1, 0.15) is 0 Å². The molecule has 1 aromatic carbocycles. The van der Waals surface area contributed by atoms with Gasteiger partial charge in [-0.25, -0.2) is 0 Å². The first-order valence-corrected chi connectivity index (χ1v) is 7.43. The standard InChI is InChI=1S/C13H11ClN4O2S/c1-7-15-16-13-18(7)17-12(10(21-13)6-11(19)20)8-2-4-9(14)5-3-8/h2-5,10H,6H2,1H3,(H,19,20)/p-1/t10-/m1/s1. The number of carbonyl (C=O) groups is 1. The van der Waals surface area contributed by atoms with E-state index in [0.717, 1.165) is 5.56 Å². The maximum absolute atomic E-state index is 11.0. The number of fused-ring (bicyclic) bond motifs is 1. The Labute approximate surface area is 129 Å². The second-order valence-corrected chi connectivity index (χ2v) is 6.12. The number of aromatic nitrogens is 3. The lowest BCUT2D eigenvalue weighted by Crippen LogP contribution is -2.32. The highest BCUT2D eigenvalue weighted by Crippen LogP contribution is 2.32. The summed E-state index contributed by atoms with van der Waals surface area (Å²) in [6.07, 6.45) is -0.141. The molecule has 0 aliphatic carbocycles. The fraction of sp³-hybridized carbons (Fsp3) is 0.231. The summed E-state index contributed by atoms with van der Waals surface area (Å²) in [5.41, 5.74) is 1.47. The molecular formula is C13H10ClN4O2S-. The quantitative estimate of drug-likeness (QED) is 0.845. The predicted molar refractivity (Wildman–Crippen MR) is 77.4 cm³/mol. The van der Waals surface area contributed by atoms with Crippen molar-refractivity contribution in [2.45, 2.75) is 23.8 Å². The number of rotatable bonds is 3. The maximum Gasteiger partial charge on any atom is 0.212 e. The topological polar surface area (TPSA) is 83.2 Å². The summed E-state index contributed by atoms with van der Waals surface area (Å²) in [7, 11) is 0. The number of benzene rings is 1. The van der Waals surface area contributed by atoms with Gasteiger partial charge in [0.15, 0.2) is 5.82 Å². The third kappa shape index (κ3) is 2.79. The smallest absolute Gasteiger partial charge is 0.212 e. The molecule has 1 aliphatic heterocycles. The highest BCUT2D eigenvalue weighted by molar-refractivity contribution is 8.00. The molecule has 1 aromatic heterocycles. The number of carboxylic acids is 1. The minimum absolute atomic E-state index is 0.141. The lowest BCUT2D eigenvalue weighted by Gasteiger charge is -2.23. The number of halogens is 1. The molecule has 2 heterocycles. The van der Waals surface area contributed by atoms with E-state index in [2.05, 4.69) is 15.3 Å². The van der Waals surface area contributed by atoms with Gasteiger partial charge in [0.05, 0.1) is 11.0 Å². The molecule has 0 amide bonds. The summed E-state index contributed by atoms with van der Waals surface area (Å²) in [4.78, 5) is 11.0. The van der Waals surface area contributed by atoms with Gasteiger partial charge in [-0.05, 0) is 24.6 Å². The van der Waals surface area contributed by atoms with Crippen molar-refractivity contribution in [3.05, 3.63) is 40.7 Å². The fourth-order valence-corrected chi connectivity index (χ4v) is 3.29. The van der Waals surface area contributed by atoms with Crippen LogP contribution in [0.2, 0.25) is 5.02 Å². The van der Waals surface area contributed by atoms with Gasteiger partial charge in [-0.15, -0.1) is 10.2 Å². The molecule has 0 spiro atoms. The van der Waals surface area contributed by atoms with Gasteiger partial charge >= 0.3 is 0 Å². The molecule has 1 atom stereocenters. The first-order valence-electron chi connectivity index (χ1n) is 6.18. The fourth-order valence-electron chi connectivity index (χ4n) is 2.04. The Balaban J connectivity index is 2.07. The van der Waals surface area contributed by atoms with Gasteiger partial charge in [0.25, 0.3) is 0 Å². The van der Waals surface area contributed by atoms with Crippen molar-refractivity contribution >= 4 is 35.0 Å². The van der Waals surface area contributed by atoms with Gasteiger partial charge in [0.2, 0.25) is 5.16 Å². The third-order valence-corrected chi connectivity index (χ3v) is 4.41. The summed E-state index contributed by atoms with van der Waals surface area (Å²) >= 11 is 7.20. The second kappa shape index (κ2) is 5.50. The van der Waals surface area contributed by atoms with E-state index in [1.807, 2.05) is 12.1 Å². The molecule has 0 fully saturated rings. The lowest BCUT2D eigenvalue weighted by molar-refractivity contribution is -0.305. The van der Waals surface area contributed by atoms with Crippen LogP contribution in [0.3, 0.4) is 0 Å². The first kappa shape index (κ1) is 14.1. The van der Waals surface area contributed by atoms with Crippen molar-refractivity contribution in [3.8, 4) is 0 Å². The van der Waals surface area contributed by atoms with E-state index >= 15 is 0 Å². The monoisotopic (exact) mass is 321 g/mol. The van der Waals surface area contributed by atoms with Gasteiger partial charge in [0, 0.05) is 17.4 Å². The van der Waals surface area contributed by atoms with E-state index in [-0.39, 0.29) is 11.7 Å². The molecule has 0 N–H and O–H groups in total. The van der Waals surface area contributed by atoms with Crippen LogP contribution in [0.4, 0.5) is 0 Å². The Hall–Kier alpha value is -1.86. The average Bonchev–Trinajstić information content (AvgIpc) is 2.79. The van der Waals surface area contributed by atoms with Crippen molar-refractivity contribution in [1.82, 2.24) is 14.9 Å². The van der Waals surface area contributed by atoms with Crippen LogP contribution in [-0.2, 0) is 4.79 Å². The minimum atomic E-state index is -1.13. The summed E-state index contributed by atoms with van der Waals surface area (Å²) in [5.74, 6) is -0.477. The van der Waals surface area contributed by atoms with E-state index in [1.54, 1.807) is 23.7 Å². The van der Waals surface area contributed by atoms with Crippen LogP contribution in [-0.4, -0.2) is 31.8 Å². The van der Waals surface area contributed by atoms with Crippen LogP contribution in [0.25, 0.3) is 0 Å². The van der Waals surface area contributed by atoms with Crippen molar-refractivity contribution < 1.29 is 9.90 Å². The molecule has 1 aliphatic rings. The van der Waals surface area contributed by atoms with Crippen LogP contribution in [0.15, 0.2) is 34.5 Å². The van der Waals surface area contributed by atoms with Gasteiger partial charge < -0.3 is 9.90 Å². The highest BCUT2D eigenvalue weighted by Gasteiger charge is 2.28. The van der Waals surface area contributed by atoms with E-state index in [4.69, 9.17) is 11.6 Å². The largest absolute Gasteiger partial charge is 0.550 e. The molecule has 21 heavy (non-hydrogen) atoms. The molecule has 0 saturated carbocycles. The molecule has 0 unspecified atom stereocenters. The summed E-state index contributed by atoms with van der Waals surface area (Å²) in [5, 5.41) is 24.2. The number of aryl methyl sites for hydroxylation is 1. The predicted octanol–water partition coefficient (Wildman–Crippen LogP) is 1.11. The molecule has 0 bridgehead atoms. The number of thioether (sulfide) groups is 1.